The molecule has 2 amide bonds. The molecule has 1 heterocycles. The number of benzene rings is 1. The Bertz CT molecular complexity index is 666. The van der Waals surface area contributed by atoms with Crippen molar-refractivity contribution in [3.05, 3.63) is 65.1 Å². The SMILES string of the molecule is O=C(/C=C/c1cccc(Cl)c1)NCCNC(=O)c1ccco1. The lowest BCUT2D eigenvalue weighted by Gasteiger charge is -2.04. The van der Waals surface area contributed by atoms with Crippen LogP contribution in [0.2, 0.25) is 5.02 Å². The minimum Gasteiger partial charge on any atom is -0.459 e. The van der Waals surface area contributed by atoms with Gasteiger partial charge in [-0.15, -0.1) is 0 Å². The van der Waals surface area contributed by atoms with Crippen LogP contribution in [0.5, 0.6) is 0 Å². The molecule has 22 heavy (non-hydrogen) atoms. The molecule has 6 heteroatoms. The molecule has 0 aliphatic heterocycles. The van der Waals surface area contributed by atoms with E-state index in [-0.39, 0.29) is 17.6 Å². The van der Waals surface area contributed by atoms with E-state index in [1.807, 2.05) is 12.1 Å². The van der Waals surface area contributed by atoms with Crippen LogP contribution in [0.15, 0.2) is 53.2 Å². The second-order valence-corrected chi connectivity index (χ2v) is 4.85. The molecule has 5 nitrogen and oxygen atoms in total. The minimum atomic E-state index is -0.311. The monoisotopic (exact) mass is 318 g/mol. The summed E-state index contributed by atoms with van der Waals surface area (Å²) in [5.74, 6) is -0.312. The fraction of sp³-hybridized carbons (Fsp3) is 0.125. The van der Waals surface area contributed by atoms with E-state index >= 15 is 0 Å². The maximum Gasteiger partial charge on any atom is 0.287 e. The third-order valence-corrected chi connectivity index (χ3v) is 2.97. The van der Waals surface area contributed by atoms with Crippen LogP contribution in [-0.2, 0) is 4.79 Å². The number of hydrogen-bond acceptors (Lipinski definition) is 3. The Labute approximate surface area is 133 Å². The number of furan rings is 1. The first kappa shape index (κ1) is 15.9. The first-order valence-corrected chi connectivity index (χ1v) is 7.06. The van der Waals surface area contributed by atoms with E-state index in [4.69, 9.17) is 16.0 Å². The van der Waals surface area contributed by atoms with Crippen molar-refractivity contribution in [2.45, 2.75) is 0 Å². The van der Waals surface area contributed by atoms with Gasteiger partial charge in [0.25, 0.3) is 5.91 Å². The molecule has 0 spiro atoms. The van der Waals surface area contributed by atoms with Gasteiger partial charge in [-0.1, -0.05) is 23.7 Å². The van der Waals surface area contributed by atoms with E-state index in [0.717, 1.165) is 5.56 Å². The van der Waals surface area contributed by atoms with Crippen LogP contribution in [0, 0.1) is 0 Å². The van der Waals surface area contributed by atoms with E-state index < -0.39 is 0 Å². The summed E-state index contributed by atoms with van der Waals surface area (Å²) < 4.78 is 4.95. The van der Waals surface area contributed by atoms with Crippen molar-refractivity contribution in [2.24, 2.45) is 0 Å². The zero-order valence-corrected chi connectivity index (χ0v) is 12.5. The molecular weight excluding hydrogens is 304 g/mol. The summed E-state index contributed by atoms with van der Waals surface area (Å²) in [5.41, 5.74) is 0.841. The molecule has 2 aromatic rings. The molecule has 0 saturated carbocycles. The zero-order chi connectivity index (χ0) is 15.8. The highest BCUT2D eigenvalue weighted by molar-refractivity contribution is 6.30. The van der Waals surface area contributed by atoms with Crippen LogP contribution in [0.3, 0.4) is 0 Å². The van der Waals surface area contributed by atoms with Crippen molar-refractivity contribution in [3.63, 3.8) is 0 Å². The molecule has 0 saturated heterocycles. The fourth-order valence-electron chi connectivity index (χ4n) is 1.70. The lowest BCUT2D eigenvalue weighted by atomic mass is 10.2. The molecule has 1 aromatic heterocycles. The van der Waals surface area contributed by atoms with Crippen molar-refractivity contribution >= 4 is 29.5 Å². The molecule has 114 valence electrons. The highest BCUT2D eigenvalue weighted by Gasteiger charge is 2.06. The van der Waals surface area contributed by atoms with Crippen LogP contribution in [-0.4, -0.2) is 24.9 Å². The van der Waals surface area contributed by atoms with Crippen LogP contribution >= 0.6 is 11.6 Å². The molecular formula is C16H15ClN2O3. The fourth-order valence-corrected chi connectivity index (χ4v) is 1.90. The third-order valence-electron chi connectivity index (χ3n) is 2.73. The normalized spacial score (nSPS) is 10.6. The number of nitrogens with one attached hydrogen (secondary N) is 2. The van der Waals surface area contributed by atoms with E-state index in [2.05, 4.69) is 10.6 Å². The van der Waals surface area contributed by atoms with Gasteiger partial charge in [0.2, 0.25) is 5.91 Å². The molecule has 1 aromatic carbocycles. The van der Waals surface area contributed by atoms with E-state index in [1.165, 1.54) is 12.3 Å². The lowest BCUT2D eigenvalue weighted by Crippen LogP contribution is -2.33. The number of rotatable bonds is 6. The van der Waals surface area contributed by atoms with Gasteiger partial charge in [-0.2, -0.15) is 0 Å². The second-order valence-electron chi connectivity index (χ2n) is 4.41. The molecule has 2 rings (SSSR count). The van der Waals surface area contributed by atoms with E-state index in [1.54, 1.807) is 30.3 Å². The number of carbonyl (C=O) groups excluding carboxylic acids is 2. The van der Waals surface area contributed by atoms with Crippen molar-refractivity contribution in [2.75, 3.05) is 13.1 Å². The van der Waals surface area contributed by atoms with Gasteiger partial charge in [0.15, 0.2) is 5.76 Å². The predicted molar refractivity (Wildman–Crippen MR) is 84.5 cm³/mol. The van der Waals surface area contributed by atoms with Crippen molar-refractivity contribution in [1.82, 2.24) is 10.6 Å². The summed E-state index contributed by atoms with van der Waals surface area (Å²) >= 11 is 5.85. The molecule has 0 aliphatic rings. The Kier molecular flexibility index (Phi) is 5.80. The number of hydrogen-bond donors (Lipinski definition) is 2. The second kappa shape index (κ2) is 8.05. The summed E-state index contributed by atoms with van der Waals surface area (Å²) in [6.07, 6.45) is 4.51. The van der Waals surface area contributed by atoms with Gasteiger partial charge >= 0.3 is 0 Å². The van der Waals surface area contributed by atoms with Gasteiger partial charge in [-0.3, -0.25) is 9.59 Å². The molecule has 0 unspecified atom stereocenters. The van der Waals surface area contributed by atoms with Gasteiger partial charge < -0.3 is 15.1 Å². The Morgan fingerprint density at radius 3 is 2.68 bits per heavy atom. The first-order chi connectivity index (χ1) is 10.6. The van der Waals surface area contributed by atoms with Crippen molar-refractivity contribution in [3.8, 4) is 0 Å². The van der Waals surface area contributed by atoms with E-state index in [0.29, 0.717) is 18.1 Å². The smallest absolute Gasteiger partial charge is 0.287 e. The third kappa shape index (κ3) is 5.10. The quantitative estimate of drug-likeness (QED) is 0.635. The molecule has 0 aliphatic carbocycles. The zero-order valence-electron chi connectivity index (χ0n) is 11.7. The summed E-state index contributed by atoms with van der Waals surface area (Å²) in [5, 5.41) is 5.91. The Balaban J connectivity index is 1.69. The van der Waals surface area contributed by atoms with Crippen LogP contribution in [0.25, 0.3) is 6.08 Å². The molecule has 0 fully saturated rings. The largest absolute Gasteiger partial charge is 0.459 e. The molecule has 0 atom stereocenters. The van der Waals surface area contributed by atoms with Crippen molar-refractivity contribution < 1.29 is 14.0 Å². The minimum absolute atomic E-state index is 0.243. The lowest BCUT2D eigenvalue weighted by molar-refractivity contribution is -0.116. The number of amides is 2. The predicted octanol–water partition coefficient (Wildman–Crippen LogP) is 2.49. The van der Waals surface area contributed by atoms with Gasteiger partial charge in [0.05, 0.1) is 6.26 Å². The highest BCUT2D eigenvalue weighted by Crippen LogP contribution is 2.11. The summed E-state index contributed by atoms with van der Waals surface area (Å²) in [4.78, 5) is 23.2. The average Bonchev–Trinajstić information content (AvgIpc) is 3.04. The topological polar surface area (TPSA) is 71.3 Å². The molecule has 0 radical (unpaired) electrons. The van der Waals surface area contributed by atoms with Crippen LogP contribution in [0.4, 0.5) is 0 Å². The highest BCUT2D eigenvalue weighted by atomic mass is 35.5. The van der Waals surface area contributed by atoms with Gasteiger partial charge in [-0.05, 0) is 35.9 Å². The van der Waals surface area contributed by atoms with Crippen LogP contribution in [0.1, 0.15) is 16.1 Å². The van der Waals surface area contributed by atoms with Gasteiger partial charge in [0.1, 0.15) is 0 Å². The maximum atomic E-state index is 11.6. The van der Waals surface area contributed by atoms with Gasteiger partial charge in [0, 0.05) is 24.2 Å². The summed E-state index contributed by atoms with van der Waals surface area (Å²) in [7, 11) is 0. The summed E-state index contributed by atoms with van der Waals surface area (Å²) in [6.45, 7) is 0.640. The average molecular weight is 319 g/mol. The maximum absolute atomic E-state index is 11.6. The number of halogens is 1. The van der Waals surface area contributed by atoms with Gasteiger partial charge in [-0.25, -0.2) is 0 Å². The summed E-state index contributed by atoms with van der Waals surface area (Å²) in [6, 6.07) is 10.4. The Morgan fingerprint density at radius 1 is 1.14 bits per heavy atom. The number of carbonyl (C=O) groups is 2. The van der Waals surface area contributed by atoms with E-state index in [9.17, 15) is 9.59 Å². The van der Waals surface area contributed by atoms with Crippen molar-refractivity contribution in [1.29, 1.82) is 0 Å². The molecule has 2 N–H and O–H groups in total. The molecule has 0 bridgehead atoms. The first-order valence-electron chi connectivity index (χ1n) is 6.68. The Hall–Kier alpha value is -2.53. The van der Waals surface area contributed by atoms with Crippen LogP contribution < -0.4 is 10.6 Å². The Morgan fingerprint density at radius 2 is 1.95 bits per heavy atom. The standard InChI is InChI=1S/C16H15ClN2O3/c17-13-4-1-3-12(11-13)6-7-15(20)18-8-9-19-16(21)14-5-2-10-22-14/h1-7,10-11H,8-9H2,(H,18,20)(H,19,21)/b7-6+.